The number of hydrogen-bond acceptors (Lipinski definition) is 3. The normalized spacial score (nSPS) is 11.2. The number of thioether (sulfide) groups is 1. The van der Waals surface area contributed by atoms with Gasteiger partial charge in [0.2, 0.25) is 0 Å². The van der Waals surface area contributed by atoms with Crippen LogP contribution in [-0.2, 0) is 15.7 Å². The summed E-state index contributed by atoms with van der Waals surface area (Å²) in [6.07, 6.45) is -4.30. The second kappa shape index (κ2) is 5.79. The number of rotatable bonds is 5. The van der Waals surface area contributed by atoms with Crippen molar-refractivity contribution in [1.82, 2.24) is 0 Å². The van der Waals surface area contributed by atoms with Gasteiger partial charge in [-0.05, 0) is 24.3 Å². The SMILES string of the molecule is O=COCCSc1ccc(C(F)(F)F)cc1. The summed E-state index contributed by atoms with van der Waals surface area (Å²) in [6, 6.07) is 4.86. The molecule has 0 saturated heterocycles. The molecule has 1 aromatic rings. The smallest absolute Gasteiger partial charge is 0.416 e. The number of benzene rings is 1. The van der Waals surface area contributed by atoms with Crippen LogP contribution in [0.4, 0.5) is 13.2 Å². The molecule has 0 aliphatic rings. The minimum Gasteiger partial charge on any atom is -0.467 e. The maximum absolute atomic E-state index is 12.2. The molecule has 0 saturated carbocycles. The Labute approximate surface area is 94.8 Å². The summed E-state index contributed by atoms with van der Waals surface area (Å²) in [5, 5.41) is 0. The number of ether oxygens (including phenoxy) is 1. The zero-order chi connectivity index (χ0) is 12.0. The Balaban J connectivity index is 2.48. The number of carbonyl (C=O) groups is 1. The van der Waals surface area contributed by atoms with Gasteiger partial charge in [-0.2, -0.15) is 13.2 Å². The predicted octanol–water partition coefficient (Wildman–Crippen LogP) is 2.97. The quantitative estimate of drug-likeness (QED) is 0.456. The van der Waals surface area contributed by atoms with E-state index in [1.165, 1.54) is 23.9 Å². The zero-order valence-corrected chi connectivity index (χ0v) is 8.98. The minimum absolute atomic E-state index is 0.245. The van der Waals surface area contributed by atoms with Crippen molar-refractivity contribution in [2.45, 2.75) is 11.1 Å². The predicted molar refractivity (Wildman–Crippen MR) is 54.2 cm³/mol. The summed E-state index contributed by atoms with van der Waals surface area (Å²) in [4.78, 5) is 10.5. The molecule has 0 N–H and O–H groups in total. The fraction of sp³-hybridized carbons (Fsp3) is 0.300. The Hall–Kier alpha value is -1.17. The number of alkyl halides is 3. The standard InChI is InChI=1S/C10H9F3O2S/c11-10(12,13)8-1-3-9(4-2-8)16-6-5-15-7-14/h1-4,7H,5-6H2. The van der Waals surface area contributed by atoms with Crippen molar-refractivity contribution in [1.29, 1.82) is 0 Å². The van der Waals surface area contributed by atoms with Crippen LogP contribution in [-0.4, -0.2) is 18.8 Å². The first kappa shape index (κ1) is 12.9. The third-order valence-corrected chi connectivity index (χ3v) is 2.70. The molecule has 1 rings (SSSR count). The van der Waals surface area contributed by atoms with Crippen molar-refractivity contribution >= 4 is 18.2 Å². The molecule has 16 heavy (non-hydrogen) atoms. The molecular formula is C10H9F3O2S. The van der Waals surface area contributed by atoms with Gasteiger partial charge in [0.1, 0.15) is 6.61 Å². The van der Waals surface area contributed by atoms with Gasteiger partial charge >= 0.3 is 6.18 Å². The summed E-state index contributed by atoms with van der Waals surface area (Å²) in [7, 11) is 0. The van der Waals surface area contributed by atoms with Crippen molar-refractivity contribution in [3.8, 4) is 0 Å². The number of carbonyl (C=O) groups excluding carboxylic acids is 1. The number of halogens is 3. The molecule has 0 aromatic heterocycles. The van der Waals surface area contributed by atoms with E-state index < -0.39 is 11.7 Å². The highest BCUT2D eigenvalue weighted by molar-refractivity contribution is 7.99. The Morgan fingerprint density at radius 3 is 2.38 bits per heavy atom. The molecule has 0 spiro atoms. The van der Waals surface area contributed by atoms with Gasteiger partial charge < -0.3 is 4.74 Å². The van der Waals surface area contributed by atoms with Crippen LogP contribution >= 0.6 is 11.8 Å². The van der Waals surface area contributed by atoms with E-state index in [0.717, 1.165) is 12.1 Å². The second-order valence-electron chi connectivity index (χ2n) is 2.84. The van der Waals surface area contributed by atoms with Gasteiger partial charge in [0.15, 0.2) is 0 Å². The maximum atomic E-state index is 12.2. The van der Waals surface area contributed by atoms with Crippen LogP contribution in [0.1, 0.15) is 5.56 Å². The van der Waals surface area contributed by atoms with Crippen molar-refractivity contribution in [2.24, 2.45) is 0 Å². The minimum atomic E-state index is -4.30. The Bertz CT molecular complexity index is 335. The van der Waals surface area contributed by atoms with Crippen LogP contribution < -0.4 is 0 Å². The van der Waals surface area contributed by atoms with Gasteiger partial charge in [0.05, 0.1) is 5.56 Å². The molecule has 0 radical (unpaired) electrons. The summed E-state index contributed by atoms with van der Waals surface area (Å²) in [5.41, 5.74) is -0.666. The topological polar surface area (TPSA) is 26.3 Å². The highest BCUT2D eigenvalue weighted by atomic mass is 32.2. The first-order chi connectivity index (χ1) is 7.54. The molecule has 0 atom stereocenters. The third kappa shape index (κ3) is 4.14. The fourth-order valence-corrected chi connectivity index (χ4v) is 1.74. The van der Waals surface area contributed by atoms with Crippen molar-refractivity contribution in [2.75, 3.05) is 12.4 Å². The Kier molecular flexibility index (Phi) is 4.67. The molecule has 0 unspecified atom stereocenters. The third-order valence-electron chi connectivity index (χ3n) is 1.72. The molecular weight excluding hydrogens is 241 g/mol. The molecule has 6 heteroatoms. The summed E-state index contributed by atoms with van der Waals surface area (Å²) < 4.78 is 41.1. The fourth-order valence-electron chi connectivity index (χ4n) is 0.996. The Morgan fingerprint density at radius 1 is 1.25 bits per heavy atom. The molecule has 0 aliphatic heterocycles. The molecule has 2 nitrogen and oxygen atoms in total. The van der Waals surface area contributed by atoms with E-state index in [4.69, 9.17) is 0 Å². The van der Waals surface area contributed by atoms with E-state index in [9.17, 15) is 18.0 Å². The average molecular weight is 250 g/mol. The largest absolute Gasteiger partial charge is 0.467 e. The molecule has 0 aliphatic carbocycles. The van der Waals surface area contributed by atoms with Gasteiger partial charge in [-0.1, -0.05) is 0 Å². The van der Waals surface area contributed by atoms with E-state index in [1.807, 2.05) is 0 Å². The van der Waals surface area contributed by atoms with Crippen molar-refractivity contribution < 1.29 is 22.7 Å². The van der Waals surface area contributed by atoms with E-state index in [2.05, 4.69) is 4.74 Å². The van der Waals surface area contributed by atoms with Crippen LogP contribution in [0, 0.1) is 0 Å². The van der Waals surface area contributed by atoms with E-state index >= 15 is 0 Å². The van der Waals surface area contributed by atoms with Crippen LogP contribution in [0.2, 0.25) is 0 Å². The maximum Gasteiger partial charge on any atom is 0.416 e. The zero-order valence-electron chi connectivity index (χ0n) is 8.16. The van der Waals surface area contributed by atoms with Gasteiger partial charge in [-0.3, -0.25) is 4.79 Å². The van der Waals surface area contributed by atoms with Crippen LogP contribution in [0.3, 0.4) is 0 Å². The van der Waals surface area contributed by atoms with Crippen molar-refractivity contribution in [3.05, 3.63) is 29.8 Å². The van der Waals surface area contributed by atoms with Crippen LogP contribution in [0.15, 0.2) is 29.2 Å². The van der Waals surface area contributed by atoms with Gasteiger partial charge in [0.25, 0.3) is 6.47 Å². The lowest BCUT2D eigenvalue weighted by Crippen LogP contribution is -2.04. The van der Waals surface area contributed by atoms with E-state index in [1.54, 1.807) is 0 Å². The summed E-state index contributed by atoms with van der Waals surface area (Å²) in [6.45, 7) is 0.586. The van der Waals surface area contributed by atoms with Gasteiger partial charge in [0, 0.05) is 10.6 Å². The molecule has 0 bridgehead atoms. The van der Waals surface area contributed by atoms with Crippen LogP contribution in [0.25, 0.3) is 0 Å². The van der Waals surface area contributed by atoms with Crippen molar-refractivity contribution in [3.63, 3.8) is 0 Å². The van der Waals surface area contributed by atoms with Gasteiger partial charge in [-0.25, -0.2) is 0 Å². The molecule has 0 amide bonds. The highest BCUT2D eigenvalue weighted by Gasteiger charge is 2.29. The molecule has 0 fully saturated rings. The van der Waals surface area contributed by atoms with Crippen LogP contribution in [0.5, 0.6) is 0 Å². The van der Waals surface area contributed by atoms with Gasteiger partial charge in [-0.15, -0.1) is 11.8 Å². The second-order valence-corrected chi connectivity index (χ2v) is 4.01. The number of hydrogen-bond donors (Lipinski definition) is 0. The molecule has 1 aromatic carbocycles. The lowest BCUT2D eigenvalue weighted by molar-refractivity contribution is -0.137. The lowest BCUT2D eigenvalue weighted by atomic mass is 10.2. The highest BCUT2D eigenvalue weighted by Crippen LogP contribution is 2.30. The van der Waals surface area contributed by atoms with E-state index in [0.29, 0.717) is 17.1 Å². The lowest BCUT2D eigenvalue weighted by Gasteiger charge is -2.07. The monoisotopic (exact) mass is 250 g/mol. The summed E-state index contributed by atoms with van der Waals surface area (Å²) in [5.74, 6) is 0.518. The average Bonchev–Trinajstić information content (AvgIpc) is 2.24. The Morgan fingerprint density at radius 2 is 1.88 bits per heavy atom. The first-order valence-electron chi connectivity index (χ1n) is 4.39. The molecule has 88 valence electrons. The molecule has 0 heterocycles. The summed E-state index contributed by atoms with van der Waals surface area (Å²) >= 11 is 1.33. The first-order valence-corrected chi connectivity index (χ1v) is 5.38. The van der Waals surface area contributed by atoms with E-state index in [-0.39, 0.29) is 6.61 Å².